The highest BCUT2D eigenvalue weighted by molar-refractivity contribution is 7.50. The molecule has 0 fully saturated rings. The van der Waals surface area contributed by atoms with Gasteiger partial charge in [0.15, 0.2) is 0 Å². The lowest BCUT2D eigenvalue weighted by Gasteiger charge is -2.19. The van der Waals surface area contributed by atoms with Gasteiger partial charge in [-0.15, -0.1) is 0 Å². The second-order valence-electron chi connectivity index (χ2n) is 1.75. The van der Waals surface area contributed by atoms with Crippen LogP contribution in [0.4, 0.5) is 0 Å². The Balaban J connectivity index is 4.41. The summed E-state index contributed by atoms with van der Waals surface area (Å²) in [6.07, 6.45) is 0. The van der Waals surface area contributed by atoms with E-state index in [9.17, 15) is 9.13 Å². The van der Waals surface area contributed by atoms with Gasteiger partial charge in [-0.3, -0.25) is 0 Å². The first kappa shape index (κ1) is 12.2. The van der Waals surface area contributed by atoms with Gasteiger partial charge in [-0.2, -0.15) is 4.62 Å². The molecule has 10 heteroatoms. The van der Waals surface area contributed by atoms with E-state index in [-0.39, 0.29) is 11.4 Å². The van der Waals surface area contributed by atoms with E-state index >= 15 is 0 Å². The van der Waals surface area contributed by atoms with E-state index in [1.807, 2.05) is 0 Å². The van der Waals surface area contributed by atoms with Crippen LogP contribution in [0.25, 0.3) is 0 Å². The molecule has 0 saturated heterocycles. The van der Waals surface area contributed by atoms with Crippen LogP contribution in [0.5, 0.6) is 0 Å². The van der Waals surface area contributed by atoms with Crippen LogP contribution in [-0.2, 0) is 13.8 Å². The zero-order chi connectivity index (χ0) is 9.99. The molecule has 0 radical (unpaired) electrons. The highest BCUT2D eigenvalue weighted by Gasteiger charge is 2.31. The number of hydroxylamine groups is 1. The van der Waals surface area contributed by atoms with E-state index in [4.69, 9.17) is 19.6 Å². The molecule has 0 aromatic carbocycles. The number of rotatable bonds is 4. The Kier molecular flexibility index (Phi) is 4.02. The Morgan fingerprint density at radius 1 is 1.25 bits per heavy atom. The van der Waals surface area contributed by atoms with Crippen LogP contribution >= 0.6 is 15.6 Å². The Morgan fingerprint density at radius 2 is 1.67 bits per heavy atom. The van der Waals surface area contributed by atoms with E-state index in [0.29, 0.717) is 0 Å². The van der Waals surface area contributed by atoms with Crippen LogP contribution in [0.15, 0.2) is 0 Å². The minimum Gasteiger partial charge on any atom is -0.311 e. The minimum absolute atomic E-state index is 0.0756. The summed E-state index contributed by atoms with van der Waals surface area (Å²) in [5.74, 6) is 0. The van der Waals surface area contributed by atoms with Gasteiger partial charge in [0.25, 0.3) is 0 Å². The maximum Gasteiger partial charge on any atom is 0.486 e. The van der Waals surface area contributed by atoms with Crippen molar-refractivity contribution in [2.75, 3.05) is 6.54 Å². The van der Waals surface area contributed by atoms with Gasteiger partial charge in [-0.1, -0.05) is 4.83 Å². The van der Waals surface area contributed by atoms with Crippen molar-refractivity contribution in [1.82, 2.24) is 4.83 Å². The lowest BCUT2D eigenvalue weighted by Crippen LogP contribution is -2.18. The topological polar surface area (TPSA) is 128 Å². The van der Waals surface area contributed by atoms with Crippen molar-refractivity contribution in [3.05, 3.63) is 0 Å². The predicted molar refractivity (Wildman–Crippen MR) is 37.6 cm³/mol. The fraction of sp³-hybridized carbons (Fsp3) is 1.00. The number of phosphoric acid groups is 1. The zero-order valence-electron chi connectivity index (χ0n) is 6.06. The summed E-state index contributed by atoms with van der Waals surface area (Å²) in [7, 11) is -9.65. The van der Waals surface area contributed by atoms with Crippen molar-refractivity contribution in [3.8, 4) is 0 Å². The Hall–Kier alpha value is 0.220. The van der Waals surface area contributed by atoms with E-state index in [1.165, 1.54) is 6.92 Å². The second kappa shape index (κ2) is 3.95. The molecule has 8 nitrogen and oxygen atoms in total. The van der Waals surface area contributed by atoms with E-state index in [1.54, 1.807) is 0 Å². The van der Waals surface area contributed by atoms with Gasteiger partial charge in [-0.05, 0) is 6.92 Å². The highest BCUT2D eigenvalue weighted by Crippen LogP contribution is 2.48. The molecular weight excluding hydrogens is 212 g/mol. The molecule has 0 aliphatic rings. The molecule has 0 aromatic heterocycles. The first-order chi connectivity index (χ1) is 5.17. The molecule has 0 amide bonds. The molecule has 0 bridgehead atoms. The summed E-state index contributed by atoms with van der Waals surface area (Å²) in [6, 6.07) is 0. The molecule has 0 aliphatic carbocycles. The summed E-state index contributed by atoms with van der Waals surface area (Å²) < 4.78 is 24.2. The Morgan fingerprint density at radius 3 is 1.75 bits per heavy atom. The third-order valence-electron chi connectivity index (χ3n) is 0.762. The van der Waals surface area contributed by atoms with Crippen molar-refractivity contribution in [2.24, 2.45) is 0 Å². The van der Waals surface area contributed by atoms with Gasteiger partial charge in [0.2, 0.25) is 0 Å². The van der Waals surface area contributed by atoms with Gasteiger partial charge in [-0.25, -0.2) is 9.13 Å². The summed E-state index contributed by atoms with van der Waals surface area (Å²) >= 11 is 0. The first-order valence-electron chi connectivity index (χ1n) is 2.75. The summed E-state index contributed by atoms with van der Waals surface area (Å²) in [5.41, 5.74) is 0. The van der Waals surface area contributed by atoms with Crippen molar-refractivity contribution in [1.29, 1.82) is 0 Å². The average Bonchev–Trinajstić information content (AvgIpc) is 1.78. The quantitative estimate of drug-likeness (QED) is 0.367. The number of hydrogen-bond acceptors (Lipinski definition) is 3. The Labute approximate surface area is 68.2 Å². The second-order valence-corrected chi connectivity index (χ2v) is 4.37. The molecule has 0 heterocycles. The molecule has 0 atom stereocenters. The first-order valence-corrected chi connectivity index (χ1v) is 5.85. The van der Waals surface area contributed by atoms with Gasteiger partial charge in [0.05, 0.1) is 0 Å². The summed E-state index contributed by atoms with van der Waals surface area (Å²) in [5, 5.41) is 0. The normalized spacial score (nSPS) is 13.8. The van der Waals surface area contributed by atoms with Crippen LogP contribution in [0, 0.1) is 0 Å². The van der Waals surface area contributed by atoms with Crippen LogP contribution in [0.2, 0.25) is 0 Å². The van der Waals surface area contributed by atoms with Crippen molar-refractivity contribution in [3.63, 3.8) is 0 Å². The average molecular weight is 221 g/mol. The lowest BCUT2D eigenvalue weighted by atomic mass is 10.8. The third kappa shape index (κ3) is 4.97. The van der Waals surface area contributed by atoms with Crippen LogP contribution in [-0.4, -0.2) is 31.0 Å². The van der Waals surface area contributed by atoms with E-state index in [0.717, 1.165) is 0 Å². The van der Waals surface area contributed by atoms with Gasteiger partial charge >= 0.3 is 15.6 Å². The highest BCUT2D eigenvalue weighted by atomic mass is 31.2. The van der Waals surface area contributed by atoms with E-state index < -0.39 is 15.6 Å². The van der Waals surface area contributed by atoms with Crippen molar-refractivity contribution < 1.29 is 33.3 Å². The molecule has 4 N–H and O–H groups in total. The third-order valence-corrected chi connectivity index (χ3v) is 2.25. The van der Waals surface area contributed by atoms with Gasteiger partial charge in [0, 0.05) is 6.54 Å². The number of nitrogens with zero attached hydrogens (tertiary/aromatic N) is 1. The van der Waals surface area contributed by atoms with E-state index in [2.05, 4.69) is 4.62 Å². The standard InChI is InChI=1S/C2H9NO7P2/c1-2-3(11(4,5)6)10-12(7,8)9/h2H2,1H3,(H2,4,5,6)(H2,7,8,9). The Bertz CT molecular complexity index is 228. The molecule has 0 aromatic rings. The van der Waals surface area contributed by atoms with Crippen molar-refractivity contribution in [2.45, 2.75) is 6.92 Å². The van der Waals surface area contributed by atoms with Crippen LogP contribution in [0.1, 0.15) is 6.92 Å². The largest absolute Gasteiger partial charge is 0.486 e. The summed E-state index contributed by atoms with van der Waals surface area (Å²) in [6.45, 7) is 0.935. The fourth-order valence-electron chi connectivity index (χ4n) is 0.412. The zero-order valence-corrected chi connectivity index (χ0v) is 7.85. The maximum absolute atomic E-state index is 10.4. The maximum atomic E-state index is 10.4. The molecule has 0 aliphatic heterocycles. The smallest absolute Gasteiger partial charge is 0.311 e. The molecule has 0 spiro atoms. The van der Waals surface area contributed by atoms with Gasteiger partial charge < -0.3 is 19.6 Å². The molecule has 12 heavy (non-hydrogen) atoms. The van der Waals surface area contributed by atoms with Crippen molar-refractivity contribution >= 4 is 15.6 Å². The fourth-order valence-corrected chi connectivity index (χ4v) is 1.81. The molecule has 0 rings (SSSR count). The molecular formula is C2H9NO7P2. The van der Waals surface area contributed by atoms with Gasteiger partial charge in [0.1, 0.15) is 0 Å². The molecule has 0 unspecified atom stereocenters. The molecule has 0 saturated carbocycles. The summed E-state index contributed by atoms with van der Waals surface area (Å²) in [4.78, 5) is 33.1. The monoisotopic (exact) mass is 221 g/mol. The predicted octanol–water partition coefficient (Wildman–Crippen LogP) is -0.575. The number of hydrogen-bond donors (Lipinski definition) is 4. The van der Waals surface area contributed by atoms with Crippen LogP contribution in [0.3, 0.4) is 0 Å². The lowest BCUT2D eigenvalue weighted by molar-refractivity contribution is -0.0200. The van der Waals surface area contributed by atoms with Crippen LogP contribution < -0.4 is 0 Å². The minimum atomic E-state index is -4.90. The SMILES string of the molecule is CCN(OP(=O)(O)O)P(=O)(O)O. The molecule has 74 valence electrons.